The maximum atomic E-state index is 10.6. The second-order valence-electron chi connectivity index (χ2n) is 4.69. The van der Waals surface area contributed by atoms with Crippen LogP contribution in [0.25, 0.3) is 17.0 Å². The molecule has 1 saturated heterocycles. The third kappa shape index (κ3) is 2.56. The van der Waals surface area contributed by atoms with Crippen LogP contribution in [0.2, 0.25) is 0 Å². The molecule has 1 aromatic carbocycles. The number of carbonyl (C=O) groups excluding carboxylic acids is 1. The largest absolute Gasteiger partial charge is 0.378 e. The summed E-state index contributed by atoms with van der Waals surface area (Å²) in [6.45, 7) is 3.08. The number of para-hydroxylation sites is 1. The third-order valence-electron chi connectivity index (χ3n) is 3.40. The van der Waals surface area contributed by atoms with Gasteiger partial charge in [0.25, 0.3) is 0 Å². The van der Waals surface area contributed by atoms with Gasteiger partial charge in [0.1, 0.15) is 12.1 Å². The quantitative estimate of drug-likeness (QED) is 0.632. The smallest absolute Gasteiger partial charge is 0.142 e. The average molecular weight is 268 g/mol. The molecular weight excluding hydrogens is 252 g/mol. The number of rotatable bonds is 3. The monoisotopic (exact) mass is 268 g/mol. The Morgan fingerprint density at radius 3 is 2.80 bits per heavy atom. The molecule has 0 amide bonds. The number of carbonyl (C=O) groups is 1. The Bertz CT molecular complexity index is 646. The minimum Gasteiger partial charge on any atom is -0.378 e. The van der Waals surface area contributed by atoms with E-state index in [0.29, 0.717) is 13.2 Å². The highest BCUT2D eigenvalue weighted by Gasteiger charge is 2.16. The van der Waals surface area contributed by atoms with E-state index in [-0.39, 0.29) is 0 Å². The van der Waals surface area contributed by atoms with E-state index in [0.717, 1.165) is 41.7 Å². The lowest BCUT2D eigenvalue weighted by Gasteiger charge is -2.29. The molecule has 0 bridgehead atoms. The number of pyridine rings is 1. The molecule has 0 unspecified atom stereocenters. The number of nitrogens with zero attached hydrogens (tertiary/aromatic N) is 2. The summed E-state index contributed by atoms with van der Waals surface area (Å²) >= 11 is 0. The van der Waals surface area contributed by atoms with E-state index in [1.165, 1.54) is 6.08 Å². The first-order chi connectivity index (χ1) is 9.88. The summed E-state index contributed by atoms with van der Waals surface area (Å²) in [5, 5.41) is 1.08. The van der Waals surface area contributed by atoms with E-state index >= 15 is 0 Å². The maximum absolute atomic E-state index is 10.6. The molecule has 2 heterocycles. The molecule has 4 nitrogen and oxygen atoms in total. The highest BCUT2D eigenvalue weighted by molar-refractivity contribution is 5.86. The second kappa shape index (κ2) is 5.84. The molecule has 3 rings (SSSR count). The van der Waals surface area contributed by atoms with Crippen LogP contribution in [0.4, 0.5) is 5.82 Å². The molecule has 1 aromatic heterocycles. The van der Waals surface area contributed by atoms with Gasteiger partial charge >= 0.3 is 0 Å². The zero-order valence-electron chi connectivity index (χ0n) is 11.2. The Labute approximate surface area is 117 Å². The second-order valence-corrected chi connectivity index (χ2v) is 4.69. The lowest BCUT2D eigenvalue weighted by atomic mass is 10.1. The van der Waals surface area contributed by atoms with Gasteiger partial charge in [0.15, 0.2) is 0 Å². The Balaban J connectivity index is 2.10. The zero-order chi connectivity index (χ0) is 13.8. The number of morpholine rings is 1. The average Bonchev–Trinajstić information content (AvgIpc) is 2.53. The highest BCUT2D eigenvalue weighted by Crippen LogP contribution is 2.25. The van der Waals surface area contributed by atoms with Gasteiger partial charge in [-0.05, 0) is 24.3 Å². The number of allylic oxidation sites excluding steroid dienone is 1. The maximum Gasteiger partial charge on any atom is 0.142 e. The molecule has 1 aliphatic heterocycles. The summed E-state index contributed by atoms with van der Waals surface area (Å²) in [5.41, 5.74) is 1.94. The van der Waals surface area contributed by atoms with Crippen molar-refractivity contribution >= 4 is 29.1 Å². The zero-order valence-corrected chi connectivity index (χ0v) is 11.2. The van der Waals surface area contributed by atoms with Crippen LogP contribution in [-0.2, 0) is 9.53 Å². The number of hydrogen-bond donors (Lipinski definition) is 0. The van der Waals surface area contributed by atoms with Gasteiger partial charge in [-0.25, -0.2) is 4.98 Å². The summed E-state index contributed by atoms with van der Waals surface area (Å²) in [4.78, 5) is 17.6. The summed E-state index contributed by atoms with van der Waals surface area (Å²) in [7, 11) is 0. The van der Waals surface area contributed by atoms with Crippen molar-refractivity contribution in [2.75, 3.05) is 31.2 Å². The summed E-state index contributed by atoms with van der Waals surface area (Å²) in [6, 6.07) is 10.1. The molecule has 4 heteroatoms. The first-order valence-corrected chi connectivity index (χ1v) is 6.73. The van der Waals surface area contributed by atoms with Crippen LogP contribution >= 0.6 is 0 Å². The number of aromatic nitrogens is 1. The number of anilines is 1. The van der Waals surface area contributed by atoms with Crippen LogP contribution in [0.5, 0.6) is 0 Å². The standard InChI is InChI=1S/C16H16N2O2/c19-9-3-5-14-12-13-4-1-2-6-15(13)17-16(14)18-7-10-20-11-8-18/h1-6,9,12H,7-8,10-11H2. The summed E-state index contributed by atoms with van der Waals surface area (Å²) in [5.74, 6) is 0.921. The van der Waals surface area contributed by atoms with Crippen molar-refractivity contribution in [1.29, 1.82) is 0 Å². The van der Waals surface area contributed by atoms with E-state index in [1.807, 2.05) is 30.3 Å². The Morgan fingerprint density at radius 2 is 2.00 bits per heavy atom. The fourth-order valence-electron chi connectivity index (χ4n) is 2.42. The van der Waals surface area contributed by atoms with Gasteiger partial charge in [0.05, 0.1) is 18.7 Å². The van der Waals surface area contributed by atoms with E-state index < -0.39 is 0 Å². The van der Waals surface area contributed by atoms with Gasteiger partial charge in [-0.2, -0.15) is 0 Å². The fraction of sp³-hybridized carbons (Fsp3) is 0.250. The number of aldehydes is 1. The van der Waals surface area contributed by atoms with E-state index in [1.54, 1.807) is 0 Å². The lowest BCUT2D eigenvalue weighted by Crippen LogP contribution is -2.37. The van der Waals surface area contributed by atoms with Crippen LogP contribution in [0.15, 0.2) is 36.4 Å². The van der Waals surface area contributed by atoms with Crippen LogP contribution in [0.1, 0.15) is 5.56 Å². The van der Waals surface area contributed by atoms with E-state index in [2.05, 4.69) is 11.0 Å². The van der Waals surface area contributed by atoms with Crippen molar-refractivity contribution in [3.63, 3.8) is 0 Å². The number of hydrogen-bond acceptors (Lipinski definition) is 4. The van der Waals surface area contributed by atoms with Crippen LogP contribution in [0, 0.1) is 0 Å². The molecule has 1 fully saturated rings. The van der Waals surface area contributed by atoms with Gasteiger partial charge in [0, 0.05) is 24.0 Å². The van der Waals surface area contributed by atoms with Gasteiger partial charge < -0.3 is 9.64 Å². The molecule has 0 radical (unpaired) electrons. The Morgan fingerprint density at radius 1 is 1.20 bits per heavy atom. The van der Waals surface area contributed by atoms with Crippen LogP contribution < -0.4 is 4.90 Å². The van der Waals surface area contributed by atoms with Crippen LogP contribution in [0.3, 0.4) is 0 Å². The minimum atomic E-state index is 0.714. The van der Waals surface area contributed by atoms with E-state index in [4.69, 9.17) is 9.72 Å². The molecule has 0 atom stereocenters. The number of fused-ring (bicyclic) bond motifs is 1. The van der Waals surface area contributed by atoms with Crippen molar-refractivity contribution in [3.8, 4) is 0 Å². The molecule has 0 spiro atoms. The van der Waals surface area contributed by atoms with Crippen molar-refractivity contribution in [2.45, 2.75) is 0 Å². The minimum absolute atomic E-state index is 0.714. The molecular formula is C16H16N2O2. The predicted octanol–water partition coefficient (Wildman–Crippen LogP) is 2.28. The van der Waals surface area contributed by atoms with Gasteiger partial charge in [-0.1, -0.05) is 18.2 Å². The fourth-order valence-corrected chi connectivity index (χ4v) is 2.42. The topological polar surface area (TPSA) is 42.4 Å². The van der Waals surface area contributed by atoms with Gasteiger partial charge in [0.2, 0.25) is 0 Å². The SMILES string of the molecule is O=CC=Cc1cc2ccccc2nc1N1CCOCC1. The van der Waals surface area contributed by atoms with Gasteiger partial charge in [-0.15, -0.1) is 0 Å². The Kier molecular flexibility index (Phi) is 3.74. The predicted molar refractivity (Wildman–Crippen MR) is 79.9 cm³/mol. The van der Waals surface area contributed by atoms with E-state index in [9.17, 15) is 4.79 Å². The first kappa shape index (κ1) is 12.8. The molecule has 1 aliphatic rings. The van der Waals surface area contributed by atoms with Crippen molar-refractivity contribution < 1.29 is 9.53 Å². The van der Waals surface area contributed by atoms with Crippen molar-refractivity contribution in [2.24, 2.45) is 0 Å². The number of benzene rings is 1. The highest BCUT2D eigenvalue weighted by atomic mass is 16.5. The molecule has 20 heavy (non-hydrogen) atoms. The number of ether oxygens (including phenoxy) is 1. The molecule has 0 N–H and O–H groups in total. The summed E-state index contributed by atoms with van der Waals surface area (Å²) in [6.07, 6.45) is 4.12. The molecule has 2 aromatic rings. The Hall–Kier alpha value is -2.20. The lowest BCUT2D eigenvalue weighted by molar-refractivity contribution is -0.104. The molecule has 0 aliphatic carbocycles. The van der Waals surface area contributed by atoms with Crippen molar-refractivity contribution in [3.05, 3.63) is 42.0 Å². The normalized spacial score (nSPS) is 15.9. The third-order valence-corrected chi connectivity index (χ3v) is 3.40. The van der Waals surface area contributed by atoms with Crippen LogP contribution in [-0.4, -0.2) is 37.6 Å². The summed E-state index contributed by atoms with van der Waals surface area (Å²) < 4.78 is 5.39. The van der Waals surface area contributed by atoms with Gasteiger partial charge in [-0.3, -0.25) is 4.79 Å². The first-order valence-electron chi connectivity index (χ1n) is 6.73. The molecule has 0 saturated carbocycles. The molecule has 102 valence electrons. The van der Waals surface area contributed by atoms with Crippen molar-refractivity contribution in [1.82, 2.24) is 4.98 Å².